The van der Waals surface area contributed by atoms with Crippen molar-refractivity contribution >= 4 is 50.6 Å². The van der Waals surface area contributed by atoms with Gasteiger partial charge in [0, 0.05) is 17.6 Å². The van der Waals surface area contributed by atoms with Crippen LogP contribution >= 0.6 is 23.1 Å². The number of nitrogens with zero attached hydrogens (tertiary/aromatic N) is 2. The molecule has 0 aliphatic carbocycles. The van der Waals surface area contributed by atoms with Crippen molar-refractivity contribution in [3.05, 3.63) is 55.1 Å². The van der Waals surface area contributed by atoms with E-state index in [9.17, 15) is 4.79 Å². The first-order valence-electron chi connectivity index (χ1n) is 7.35. The Labute approximate surface area is 148 Å². The lowest BCUT2D eigenvalue weighted by molar-refractivity contribution is -0.113. The van der Waals surface area contributed by atoms with E-state index in [1.54, 1.807) is 6.08 Å². The van der Waals surface area contributed by atoms with Gasteiger partial charge >= 0.3 is 0 Å². The number of thioether (sulfide) groups is 1. The Balaban J connectivity index is 1.59. The minimum atomic E-state index is -0.0628. The number of hydrogen-bond donors (Lipinski definition) is 2. The summed E-state index contributed by atoms with van der Waals surface area (Å²) in [5, 5.41) is 17.0. The number of carbonyl (C=O) groups excluding carboxylic acids is 1. The predicted octanol–water partition coefficient (Wildman–Crippen LogP) is 4.02. The first kappa shape index (κ1) is 16.5. The maximum atomic E-state index is 12.2. The molecule has 0 atom stereocenters. The molecule has 0 aliphatic heterocycles. The Kier molecular flexibility index (Phi) is 5.45. The third-order valence-corrected chi connectivity index (χ3v) is 5.21. The Morgan fingerprint density at radius 3 is 2.92 bits per heavy atom. The predicted molar refractivity (Wildman–Crippen MR) is 102 cm³/mol. The molecule has 0 saturated carbocycles. The highest BCUT2D eigenvalue weighted by atomic mass is 32.2. The molecule has 3 aromatic rings. The van der Waals surface area contributed by atoms with Crippen molar-refractivity contribution in [1.29, 1.82) is 0 Å². The van der Waals surface area contributed by atoms with Crippen molar-refractivity contribution in [2.24, 2.45) is 0 Å². The number of fused-ring (bicyclic) bond motifs is 1. The molecule has 1 aromatic heterocycles. The molecule has 3 rings (SSSR count). The summed E-state index contributed by atoms with van der Waals surface area (Å²) < 4.78 is 0.759. The van der Waals surface area contributed by atoms with Crippen LogP contribution < -0.4 is 10.6 Å². The van der Waals surface area contributed by atoms with E-state index < -0.39 is 0 Å². The molecule has 7 heteroatoms. The zero-order valence-electron chi connectivity index (χ0n) is 12.9. The fourth-order valence-corrected chi connectivity index (χ4v) is 3.71. The van der Waals surface area contributed by atoms with Crippen LogP contribution in [0.15, 0.2) is 59.5 Å². The molecule has 2 N–H and O–H groups in total. The Morgan fingerprint density at radius 2 is 2.04 bits per heavy atom. The zero-order chi connectivity index (χ0) is 16.8. The molecular formula is C17H16N4OS2. The van der Waals surface area contributed by atoms with E-state index in [1.807, 2.05) is 42.5 Å². The molecule has 5 nitrogen and oxygen atoms in total. The number of nitrogens with one attached hydrogen (secondary N) is 2. The van der Waals surface area contributed by atoms with Crippen LogP contribution in [0.1, 0.15) is 0 Å². The fourth-order valence-electron chi connectivity index (χ4n) is 2.15. The highest BCUT2D eigenvalue weighted by Gasteiger charge is 2.09. The van der Waals surface area contributed by atoms with Gasteiger partial charge in [-0.25, -0.2) is 0 Å². The molecule has 0 fully saturated rings. The largest absolute Gasteiger partial charge is 0.357 e. The van der Waals surface area contributed by atoms with E-state index in [0.717, 1.165) is 25.9 Å². The van der Waals surface area contributed by atoms with Crippen LogP contribution in [0.4, 0.5) is 10.8 Å². The summed E-state index contributed by atoms with van der Waals surface area (Å²) in [6.07, 6.45) is 1.76. The van der Waals surface area contributed by atoms with Gasteiger partial charge in [0.2, 0.25) is 11.0 Å². The van der Waals surface area contributed by atoms with Crippen LogP contribution in [-0.4, -0.2) is 28.4 Å². The van der Waals surface area contributed by atoms with E-state index in [1.165, 1.54) is 23.1 Å². The lowest BCUT2D eigenvalue weighted by atomic mass is 10.1. The van der Waals surface area contributed by atoms with E-state index >= 15 is 0 Å². The molecule has 2 aromatic carbocycles. The average molecular weight is 356 g/mol. The van der Waals surface area contributed by atoms with Crippen molar-refractivity contribution in [3.8, 4) is 0 Å². The van der Waals surface area contributed by atoms with Crippen LogP contribution in [0.25, 0.3) is 10.8 Å². The van der Waals surface area contributed by atoms with E-state index in [-0.39, 0.29) is 5.91 Å². The first-order valence-corrected chi connectivity index (χ1v) is 9.15. The van der Waals surface area contributed by atoms with Gasteiger partial charge in [0.1, 0.15) is 0 Å². The van der Waals surface area contributed by atoms with Gasteiger partial charge in [-0.2, -0.15) is 0 Å². The van der Waals surface area contributed by atoms with Gasteiger partial charge < -0.3 is 10.6 Å². The minimum Gasteiger partial charge on any atom is -0.357 e. The fraction of sp³-hybridized carbons (Fsp3) is 0.118. The summed E-state index contributed by atoms with van der Waals surface area (Å²) in [6, 6.07) is 13.8. The Morgan fingerprint density at radius 1 is 1.21 bits per heavy atom. The van der Waals surface area contributed by atoms with E-state index in [0.29, 0.717) is 12.3 Å². The summed E-state index contributed by atoms with van der Waals surface area (Å²) in [4.78, 5) is 12.2. The topological polar surface area (TPSA) is 66.9 Å². The number of carbonyl (C=O) groups is 1. The van der Waals surface area contributed by atoms with Crippen LogP contribution in [0, 0.1) is 0 Å². The third-order valence-electron chi connectivity index (χ3n) is 3.19. The molecule has 24 heavy (non-hydrogen) atoms. The second kappa shape index (κ2) is 7.94. The molecule has 0 aliphatic rings. The van der Waals surface area contributed by atoms with Gasteiger partial charge in [-0.1, -0.05) is 65.6 Å². The molecule has 1 heterocycles. The standard InChI is InChI=1S/C17H16N4OS2/c1-2-10-18-16-20-21-17(24-16)23-11-15(22)19-14-9-5-7-12-6-3-4-8-13(12)14/h2-9H,1,10-11H2,(H,18,20)(H,19,22). The van der Waals surface area contributed by atoms with E-state index in [2.05, 4.69) is 27.4 Å². The second-order valence-electron chi connectivity index (χ2n) is 4.91. The molecule has 0 radical (unpaired) electrons. The molecule has 0 spiro atoms. The average Bonchev–Trinajstić information content (AvgIpc) is 3.06. The molecular weight excluding hydrogens is 340 g/mol. The summed E-state index contributed by atoms with van der Waals surface area (Å²) >= 11 is 2.80. The molecule has 0 bridgehead atoms. The van der Waals surface area contributed by atoms with Crippen molar-refractivity contribution in [1.82, 2.24) is 10.2 Å². The van der Waals surface area contributed by atoms with Gasteiger partial charge in [-0.3, -0.25) is 4.79 Å². The SMILES string of the molecule is C=CCNc1nnc(SCC(=O)Nc2cccc3ccccc23)s1. The number of hydrogen-bond acceptors (Lipinski definition) is 6. The zero-order valence-corrected chi connectivity index (χ0v) is 14.5. The second-order valence-corrected chi connectivity index (χ2v) is 7.11. The maximum Gasteiger partial charge on any atom is 0.234 e. The summed E-state index contributed by atoms with van der Waals surface area (Å²) in [5.74, 6) is 0.228. The lowest BCUT2D eigenvalue weighted by Gasteiger charge is -2.08. The van der Waals surface area contributed by atoms with Crippen molar-refractivity contribution in [2.75, 3.05) is 22.9 Å². The van der Waals surface area contributed by atoms with Gasteiger partial charge in [-0.05, 0) is 11.5 Å². The van der Waals surface area contributed by atoms with Crippen LogP contribution in [-0.2, 0) is 4.79 Å². The van der Waals surface area contributed by atoms with Crippen molar-refractivity contribution in [2.45, 2.75) is 4.34 Å². The number of anilines is 2. The van der Waals surface area contributed by atoms with Crippen LogP contribution in [0.5, 0.6) is 0 Å². The summed E-state index contributed by atoms with van der Waals surface area (Å²) in [6.45, 7) is 4.28. The van der Waals surface area contributed by atoms with Crippen LogP contribution in [0.2, 0.25) is 0 Å². The summed E-state index contributed by atoms with van der Waals surface area (Å²) in [7, 11) is 0. The molecule has 0 saturated heterocycles. The first-order chi connectivity index (χ1) is 11.8. The smallest absolute Gasteiger partial charge is 0.234 e. The third kappa shape index (κ3) is 4.12. The quantitative estimate of drug-likeness (QED) is 0.494. The molecule has 0 unspecified atom stereocenters. The lowest BCUT2D eigenvalue weighted by Crippen LogP contribution is -2.14. The van der Waals surface area contributed by atoms with Gasteiger partial charge in [0.05, 0.1) is 5.75 Å². The Hall–Kier alpha value is -2.38. The number of amides is 1. The summed E-state index contributed by atoms with van der Waals surface area (Å²) in [5.41, 5.74) is 0.823. The van der Waals surface area contributed by atoms with Gasteiger partial charge in [-0.15, -0.1) is 16.8 Å². The highest BCUT2D eigenvalue weighted by Crippen LogP contribution is 2.26. The van der Waals surface area contributed by atoms with E-state index in [4.69, 9.17) is 0 Å². The van der Waals surface area contributed by atoms with Crippen molar-refractivity contribution < 1.29 is 4.79 Å². The highest BCUT2D eigenvalue weighted by molar-refractivity contribution is 8.01. The maximum absolute atomic E-state index is 12.2. The monoisotopic (exact) mass is 356 g/mol. The Bertz CT molecular complexity index is 857. The molecule has 122 valence electrons. The number of aromatic nitrogens is 2. The number of benzene rings is 2. The van der Waals surface area contributed by atoms with Crippen molar-refractivity contribution in [3.63, 3.8) is 0 Å². The van der Waals surface area contributed by atoms with Crippen LogP contribution in [0.3, 0.4) is 0 Å². The normalized spacial score (nSPS) is 10.5. The molecule has 1 amide bonds. The number of rotatable bonds is 7. The van der Waals surface area contributed by atoms with Gasteiger partial charge in [0.15, 0.2) is 4.34 Å². The minimum absolute atomic E-state index is 0.0628. The van der Waals surface area contributed by atoms with Gasteiger partial charge in [0.25, 0.3) is 0 Å².